The fourth-order valence-corrected chi connectivity index (χ4v) is 2.10. The van der Waals surface area contributed by atoms with E-state index < -0.39 is 0 Å². The third kappa shape index (κ3) is 4.24. The van der Waals surface area contributed by atoms with Crippen molar-refractivity contribution < 1.29 is 4.74 Å². The third-order valence-electron chi connectivity index (χ3n) is 3.18. The summed E-state index contributed by atoms with van der Waals surface area (Å²) in [6, 6.07) is 6.37. The minimum Gasteiger partial charge on any atom is -0.496 e. The van der Waals surface area contributed by atoms with Crippen LogP contribution in [0.1, 0.15) is 38.3 Å². The van der Waals surface area contributed by atoms with E-state index in [4.69, 9.17) is 15.9 Å². The molecule has 0 aromatic heterocycles. The predicted molar refractivity (Wildman–Crippen MR) is 79.8 cm³/mol. The number of rotatable bonds is 7. The van der Waals surface area contributed by atoms with E-state index in [0.717, 1.165) is 19.5 Å². The van der Waals surface area contributed by atoms with Crippen LogP contribution in [0.25, 0.3) is 0 Å². The smallest absolute Gasteiger partial charge is 0.130 e. The van der Waals surface area contributed by atoms with Gasteiger partial charge in [0.25, 0.3) is 0 Å². The lowest BCUT2D eigenvalue weighted by molar-refractivity contribution is 0.213. The Balaban J connectivity index is 2.92. The lowest BCUT2D eigenvalue weighted by Gasteiger charge is -2.26. The Bertz CT molecular complexity index is 429. The van der Waals surface area contributed by atoms with Crippen molar-refractivity contribution in [2.45, 2.75) is 39.8 Å². The van der Waals surface area contributed by atoms with Crippen LogP contribution in [0.15, 0.2) is 18.2 Å². The summed E-state index contributed by atoms with van der Waals surface area (Å²) in [5.74, 6) is 0.711. The molecule has 4 nitrogen and oxygen atoms in total. The Morgan fingerprint density at radius 2 is 2.11 bits per heavy atom. The fourth-order valence-electron chi connectivity index (χ4n) is 2.10. The molecular formula is C15H25N3O. The Labute approximate surface area is 116 Å². The number of nitrogens with two attached hydrogens (primary N) is 1. The zero-order chi connectivity index (χ0) is 14.4. The van der Waals surface area contributed by atoms with Crippen LogP contribution in [-0.2, 0) is 6.54 Å². The van der Waals surface area contributed by atoms with Gasteiger partial charge in [0, 0.05) is 12.6 Å². The maximum atomic E-state index is 7.51. The van der Waals surface area contributed by atoms with Crippen molar-refractivity contribution >= 4 is 5.84 Å². The molecule has 1 aromatic rings. The van der Waals surface area contributed by atoms with Gasteiger partial charge in [0.1, 0.15) is 11.6 Å². The van der Waals surface area contributed by atoms with Gasteiger partial charge in [0.2, 0.25) is 0 Å². The van der Waals surface area contributed by atoms with Crippen molar-refractivity contribution in [1.82, 2.24) is 4.90 Å². The van der Waals surface area contributed by atoms with Gasteiger partial charge in [-0.1, -0.05) is 13.0 Å². The molecule has 0 aliphatic carbocycles. The van der Waals surface area contributed by atoms with Crippen LogP contribution in [0.2, 0.25) is 0 Å². The van der Waals surface area contributed by atoms with Crippen molar-refractivity contribution in [2.24, 2.45) is 5.73 Å². The number of amidine groups is 1. The molecule has 0 atom stereocenters. The van der Waals surface area contributed by atoms with Gasteiger partial charge < -0.3 is 10.5 Å². The van der Waals surface area contributed by atoms with Crippen molar-refractivity contribution in [3.8, 4) is 5.75 Å². The topological polar surface area (TPSA) is 62.3 Å². The molecule has 0 bridgehead atoms. The average Bonchev–Trinajstić information content (AvgIpc) is 2.37. The van der Waals surface area contributed by atoms with Gasteiger partial charge in [-0.25, -0.2) is 0 Å². The highest BCUT2D eigenvalue weighted by Gasteiger charge is 2.12. The zero-order valence-corrected chi connectivity index (χ0v) is 12.4. The number of nitrogens with zero attached hydrogens (tertiary/aromatic N) is 1. The highest BCUT2D eigenvalue weighted by Crippen LogP contribution is 2.21. The Morgan fingerprint density at radius 1 is 1.42 bits per heavy atom. The monoisotopic (exact) mass is 263 g/mol. The van der Waals surface area contributed by atoms with Gasteiger partial charge in [-0.15, -0.1) is 0 Å². The van der Waals surface area contributed by atoms with E-state index in [9.17, 15) is 0 Å². The molecule has 0 aliphatic rings. The van der Waals surface area contributed by atoms with Crippen LogP contribution < -0.4 is 10.5 Å². The van der Waals surface area contributed by atoms with E-state index in [1.807, 2.05) is 18.2 Å². The summed E-state index contributed by atoms with van der Waals surface area (Å²) in [6.07, 6.45) is 1.14. The van der Waals surface area contributed by atoms with Crippen LogP contribution in [0.5, 0.6) is 5.75 Å². The van der Waals surface area contributed by atoms with E-state index >= 15 is 0 Å². The summed E-state index contributed by atoms with van der Waals surface area (Å²) in [4.78, 5) is 2.42. The first kappa shape index (κ1) is 15.5. The van der Waals surface area contributed by atoms with Gasteiger partial charge >= 0.3 is 0 Å². The number of hydrogen-bond donors (Lipinski definition) is 2. The highest BCUT2D eigenvalue weighted by molar-refractivity contribution is 5.97. The number of methoxy groups -OCH3 is 1. The van der Waals surface area contributed by atoms with Crippen LogP contribution in [0.3, 0.4) is 0 Å². The van der Waals surface area contributed by atoms with Gasteiger partial charge in [0.15, 0.2) is 0 Å². The second kappa shape index (κ2) is 7.14. The van der Waals surface area contributed by atoms with Crippen molar-refractivity contribution in [3.05, 3.63) is 29.3 Å². The molecule has 3 N–H and O–H groups in total. The number of benzene rings is 1. The summed E-state index contributed by atoms with van der Waals surface area (Å²) in [5.41, 5.74) is 7.37. The molecule has 0 amide bonds. The Kier molecular flexibility index (Phi) is 5.83. The zero-order valence-electron chi connectivity index (χ0n) is 12.4. The number of hydrogen-bond acceptors (Lipinski definition) is 3. The maximum Gasteiger partial charge on any atom is 0.130 e. The molecule has 1 rings (SSSR count). The second-order valence-corrected chi connectivity index (χ2v) is 5.01. The SMILES string of the molecule is CCCN(Cc1ccc(C(=N)N)c(OC)c1)C(C)C. The molecular weight excluding hydrogens is 238 g/mol. The largest absolute Gasteiger partial charge is 0.496 e. The van der Waals surface area contributed by atoms with E-state index in [1.54, 1.807) is 7.11 Å². The van der Waals surface area contributed by atoms with Crippen LogP contribution in [-0.4, -0.2) is 30.4 Å². The fraction of sp³-hybridized carbons (Fsp3) is 0.533. The molecule has 0 aliphatic heterocycles. The summed E-state index contributed by atoms with van der Waals surface area (Å²) >= 11 is 0. The third-order valence-corrected chi connectivity index (χ3v) is 3.18. The normalized spacial score (nSPS) is 11.1. The first-order valence-electron chi connectivity index (χ1n) is 6.75. The molecule has 0 saturated carbocycles. The summed E-state index contributed by atoms with van der Waals surface area (Å²) < 4.78 is 5.31. The summed E-state index contributed by atoms with van der Waals surface area (Å²) in [5, 5.41) is 7.51. The second-order valence-electron chi connectivity index (χ2n) is 5.01. The average molecular weight is 263 g/mol. The van der Waals surface area contributed by atoms with Gasteiger partial charge in [-0.2, -0.15) is 0 Å². The van der Waals surface area contributed by atoms with E-state index in [0.29, 0.717) is 17.4 Å². The maximum absolute atomic E-state index is 7.51. The number of nitrogen functional groups attached to an aromatic ring is 1. The lowest BCUT2D eigenvalue weighted by Crippen LogP contribution is -2.31. The van der Waals surface area contributed by atoms with Crippen molar-refractivity contribution in [3.63, 3.8) is 0 Å². The minimum atomic E-state index is 0.0395. The molecule has 19 heavy (non-hydrogen) atoms. The molecule has 0 heterocycles. The van der Waals surface area contributed by atoms with Crippen LogP contribution in [0.4, 0.5) is 0 Å². The van der Waals surface area contributed by atoms with Gasteiger partial charge in [-0.05, 0) is 44.5 Å². The van der Waals surface area contributed by atoms with E-state index in [1.165, 1.54) is 5.56 Å². The minimum absolute atomic E-state index is 0.0395. The summed E-state index contributed by atoms with van der Waals surface area (Å²) in [6.45, 7) is 8.57. The van der Waals surface area contributed by atoms with E-state index in [-0.39, 0.29) is 5.84 Å². The predicted octanol–water partition coefficient (Wildman–Crippen LogP) is 2.60. The first-order chi connectivity index (χ1) is 8.99. The standard InChI is InChI=1S/C15H25N3O/c1-5-8-18(11(2)3)10-12-6-7-13(15(16)17)14(9-12)19-4/h6-7,9,11H,5,8,10H2,1-4H3,(H3,16,17). The van der Waals surface area contributed by atoms with Crippen molar-refractivity contribution in [1.29, 1.82) is 5.41 Å². The molecule has 1 aromatic carbocycles. The first-order valence-corrected chi connectivity index (χ1v) is 6.75. The highest BCUT2D eigenvalue weighted by atomic mass is 16.5. The molecule has 4 heteroatoms. The molecule has 0 saturated heterocycles. The van der Waals surface area contributed by atoms with Crippen LogP contribution >= 0.6 is 0 Å². The van der Waals surface area contributed by atoms with Gasteiger partial charge in [0.05, 0.1) is 12.7 Å². The van der Waals surface area contributed by atoms with Gasteiger partial charge in [-0.3, -0.25) is 10.3 Å². The Morgan fingerprint density at radius 3 is 2.58 bits per heavy atom. The van der Waals surface area contributed by atoms with Crippen molar-refractivity contribution in [2.75, 3.05) is 13.7 Å². The molecule has 0 fully saturated rings. The number of nitrogens with one attached hydrogen (secondary N) is 1. The molecule has 0 spiro atoms. The summed E-state index contributed by atoms with van der Waals surface area (Å²) in [7, 11) is 1.61. The van der Waals surface area contributed by atoms with Crippen LogP contribution in [0, 0.1) is 5.41 Å². The molecule has 0 unspecified atom stereocenters. The lowest BCUT2D eigenvalue weighted by atomic mass is 10.1. The quantitative estimate of drug-likeness (QED) is 0.587. The number of ether oxygens (including phenoxy) is 1. The van der Waals surface area contributed by atoms with E-state index in [2.05, 4.69) is 25.7 Å². The molecule has 106 valence electrons. The molecule has 0 radical (unpaired) electrons. The Hall–Kier alpha value is -1.55.